The molecule has 0 saturated heterocycles. The van der Waals surface area contributed by atoms with Gasteiger partial charge in [0.05, 0.1) is 0 Å². The van der Waals surface area contributed by atoms with Gasteiger partial charge in [0.2, 0.25) is 0 Å². The molecule has 0 amide bonds. The fourth-order valence-electron chi connectivity index (χ4n) is 1.09. The molecule has 82 valence electrons. The number of hydrazone groups is 2. The normalized spacial score (nSPS) is 13.1. The van der Waals surface area contributed by atoms with Crippen molar-refractivity contribution in [2.45, 2.75) is 38.5 Å². The Bertz CT molecular complexity index is 176. The van der Waals surface area contributed by atoms with Gasteiger partial charge in [0, 0.05) is 12.8 Å². The Labute approximate surface area is 84.4 Å². The van der Waals surface area contributed by atoms with E-state index < -0.39 is 0 Å². The molecule has 0 bridgehead atoms. The number of rotatable bonds is 7. The third-order valence-corrected chi connectivity index (χ3v) is 1.95. The summed E-state index contributed by atoms with van der Waals surface area (Å²) in [6.45, 7) is 0. The Morgan fingerprint density at radius 2 is 1.07 bits per heavy atom. The smallest absolute Gasteiger partial charge is 0.119 e. The quantitative estimate of drug-likeness (QED) is 0.149. The van der Waals surface area contributed by atoms with Crippen molar-refractivity contribution < 1.29 is 0 Å². The fraction of sp³-hybridized carbons (Fsp3) is 0.750. The predicted octanol–water partition coefficient (Wildman–Crippen LogP) is -0.211. The van der Waals surface area contributed by atoms with Crippen LogP contribution < -0.4 is 23.2 Å². The van der Waals surface area contributed by atoms with Crippen molar-refractivity contribution in [2.24, 2.45) is 33.4 Å². The zero-order chi connectivity index (χ0) is 10.8. The van der Waals surface area contributed by atoms with Crippen LogP contribution in [0, 0.1) is 0 Å². The number of hydrogen-bond acceptors (Lipinski definition) is 4. The maximum Gasteiger partial charge on any atom is 0.119 e. The molecule has 0 aromatic rings. The highest BCUT2D eigenvalue weighted by Gasteiger charge is 1.95. The molecular weight excluding hydrogens is 180 g/mol. The van der Waals surface area contributed by atoms with Gasteiger partial charge in [-0.05, 0) is 12.8 Å². The van der Waals surface area contributed by atoms with E-state index in [4.69, 9.17) is 23.2 Å². The Hall–Kier alpha value is -1.46. The van der Waals surface area contributed by atoms with Crippen LogP contribution in [-0.4, -0.2) is 11.7 Å². The molecule has 0 rings (SSSR count). The molecule has 0 aliphatic heterocycles. The number of amidine groups is 2. The van der Waals surface area contributed by atoms with Gasteiger partial charge < -0.3 is 23.2 Å². The van der Waals surface area contributed by atoms with Gasteiger partial charge in [-0.15, -0.1) is 0 Å². The molecule has 6 heteroatoms. The van der Waals surface area contributed by atoms with Crippen LogP contribution in [-0.2, 0) is 0 Å². The molecule has 8 N–H and O–H groups in total. The van der Waals surface area contributed by atoms with Crippen molar-refractivity contribution in [1.82, 2.24) is 0 Å². The topological polar surface area (TPSA) is 129 Å². The number of nitrogens with two attached hydrogens (primary N) is 4. The zero-order valence-corrected chi connectivity index (χ0v) is 8.45. The van der Waals surface area contributed by atoms with E-state index in [1.54, 1.807) is 0 Å². The first-order valence-electron chi connectivity index (χ1n) is 4.75. The summed E-state index contributed by atoms with van der Waals surface area (Å²) in [7, 11) is 0. The lowest BCUT2D eigenvalue weighted by molar-refractivity contribution is 0.663. The van der Waals surface area contributed by atoms with Crippen molar-refractivity contribution >= 4 is 11.7 Å². The third kappa shape index (κ3) is 7.20. The van der Waals surface area contributed by atoms with Crippen LogP contribution in [0.3, 0.4) is 0 Å². The van der Waals surface area contributed by atoms with Crippen molar-refractivity contribution in [2.75, 3.05) is 0 Å². The van der Waals surface area contributed by atoms with Crippen molar-refractivity contribution in [3.8, 4) is 0 Å². The van der Waals surface area contributed by atoms with Crippen LogP contribution in [0.1, 0.15) is 38.5 Å². The summed E-state index contributed by atoms with van der Waals surface area (Å²) in [6.07, 6.45) is 5.72. The monoisotopic (exact) mass is 200 g/mol. The minimum absolute atomic E-state index is 0.507. The van der Waals surface area contributed by atoms with Crippen molar-refractivity contribution in [3.05, 3.63) is 0 Å². The molecule has 0 atom stereocenters. The maximum absolute atomic E-state index is 5.43. The Morgan fingerprint density at radius 1 is 0.714 bits per heavy atom. The summed E-state index contributed by atoms with van der Waals surface area (Å²) in [5.74, 6) is 11.0. The minimum atomic E-state index is 0.507. The highest BCUT2D eigenvalue weighted by molar-refractivity contribution is 5.80. The van der Waals surface area contributed by atoms with Crippen LogP contribution in [0.2, 0.25) is 0 Å². The van der Waals surface area contributed by atoms with E-state index in [9.17, 15) is 0 Å². The molecule has 0 heterocycles. The Kier molecular flexibility index (Phi) is 7.30. The Balaban J connectivity index is 3.22. The van der Waals surface area contributed by atoms with E-state index >= 15 is 0 Å². The summed E-state index contributed by atoms with van der Waals surface area (Å²) in [6, 6.07) is 0. The molecule has 14 heavy (non-hydrogen) atoms. The van der Waals surface area contributed by atoms with E-state index in [2.05, 4.69) is 10.2 Å². The summed E-state index contributed by atoms with van der Waals surface area (Å²) in [5.41, 5.74) is 10.9. The maximum atomic E-state index is 5.43. The molecule has 0 aliphatic rings. The first kappa shape index (κ1) is 12.5. The van der Waals surface area contributed by atoms with E-state index in [0.29, 0.717) is 11.7 Å². The molecule has 0 aromatic carbocycles. The largest absolute Gasteiger partial charge is 0.386 e. The lowest BCUT2D eigenvalue weighted by Crippen LogP contribution is -2.14. The van der Waals surface area contributed by atoms with Crippen LogP contribution in [0.15, 0.2) is 10.2 Å². The van der Waals surface area contributed by atoms with Gasteiger partial charge in [0.15, 0.2) is 0 Å². The molecule has 0 saturated carbocycles. The SMILES string of the molecule is NN=C(N)CCCCCCC(N)=NN. The lowest BCUT2D eigenvalue weighted by Gasteiger charge is -2.00. The average Bonchev–Trinajstić information content (AvgIpc) is 2.22. The fourth-order valence-corrected chi connectivity index (χ4v) is 1.09. The van der Waals surface area contributed by atoms with Crippen LogP contribution in [0.25, 0.3) is 0 Å². The average molecular weight is 200 g/mol. The van der Waals surface area contributed by atoms with Gasteiger partial charge in [-0.25, -0.2) is 0 Å². The van der Waals surface area contributed by atoms with Gasteiger partial charge in [-0.1, -0.05) is 12.8 Å². The second kappa shape index (κ2) is 8.15. The van der Waals surface area contributed by atoms with Crippen LogP contribution in [0.5, 0.6) is 0 Å². The third-order valence-electron chi connectivity index (χ3n) is 1.95. The van der Waals surface area contributed by atoms with E-state index in [0.717, 1.165) is 38.5 Å². The van der Waals surface area contributed by atoms with Crippen molar-refractivity contribution in [3.63, 3.8) is 0 Å². The summed E-state index contributed by atoms with van der Waals surface area (Å²) in [5, 5.41) is 6.77. The van der Waals surface area contributed by atoms with Crippen LogP contribution in [0.4, 0.5) is 0 Å². The predicted molar refractivity (Wildman–Crippen MR) is 59.3 cm³/mol. The standard InChI is InChI=1S/C8H20N6/c9-7(13-11)5-3-1-2-4-6-8(10)14-12/h1-6,11-12H2,(H2,9,13)(H2,10,14). The molecule has 0 aromatic heterocycles. The summed E-state index contributed by atoms with van der Waals surface area (Å²) in [4.78, 5) is 0. The minimum Gasteiger partial charge on any atom is -0.386 e. The molecule has 6 nitrogen and oxygen atoms in total. The summed E-state index contributed by atoms with van der Waals surface area (Å²) >= 11 is 0. The Morgan fingerprint density at radius 3 is 1.36 bits per heavy atom. The highest BCUT2D eigenvalue weighted by Crippen LogP contribution is 2.04. The molecule has 0 spiro atoms. The molecule has 0 radical (unpaired) electrons. The number of unbranched alkanes of at least 4 members (excludes halogenated alkanes) is 3. The zero-order valence-electron chi connectivity index (χ0n) is 8.45. The molecule has 0 aliphatic carbocycles. The van der Waals surface area contributed by atoms with E-state index in [1.165, 1.54) is 0 Å². The first-order valence-corrected chi connectivity index (χ1v) is 4.75. The second-order valence-corrected chi connectivity index (χ2v) is 3.16. The number of hydrogen-bond donors (Lipinski definition) is 4. The summed E-state index contributed by atoms with van der Waals surface area (Å²) < 4.78 is 0. The lowest BCUT2D eigenvalue weighted by atomic mass is 10.1. The van der Waals surface area contributed by atoms with Crippen molar-refractivity contribution in [1.29, 1.82) is 0 Å². The van der Waals surface area contributed by atoms with Gasteiger partial charge in [0.25, 0.3) is 0 Å². The molecule has 0 fully saturated rings. The van der Waals surface area contributed by atoms with Gasteiger partial charge in [-0.2, -0.15) is 10.2 Å². The van der Waals surface area contributed by atoms with Crippen LogP contribution >= 0.6 is 0 Å². The van der Waals surface area contributed by atoms with E-state index in [1.807, 2.05) is 0 Å². The molecular formula is C8H20N6. The second-order valence-electron chi connectivity index (χ2n) is 3.16. The first-order chi connectivity index (χ1) is 6.70. The van der Waals surface area contributed by atoms with E-state index in [-0.39, 0.29) is 0 Å². The van der Waals surface area contributed by atoms with Gasteiger partial charge >= 0.3 is 0 Å². The van der Waals surface area contributed by atoms with Gasteiger partial charge in [0.1, 0.15) is 11.7 Å². The number of nitrogens with zero attached hydrogens (tertiary/aromatic N) is 2. The van der Waals surface area contributed by atoms with Gasteiger partial charge in [-0.3, -0.25) is 0 Å². The highest BCUT2D eigenvalue weighted by atomic mass is 15.2. The molecule has 0 unspecified atom stereocenters.